The maximum atomic E-state index is 13.1. The standard InChI is InChI=1S/C14H20FNO2/c1-9-6-7-10(15)8-11(9)12(17)16-13(2,3)14(4,5)18/h6-8,18H,1-5H3,(H,16,17). The van der Waals surface area contributed by atoms with Gasteiger partial charge in [-0.25, -0.2) is 4.39 Å². The first-order chi connectivity index (χ1) is 8.04. The van der Waals surface area contributed by atoms with Crippen LogP contribution in [-0.2, 0) is 0 Å². The molecule has 0 heterocycles. The first-order valence-corrected chi connectivity index (χ1v) is 5.85. The summed E-state index contributed by atoms with van der Waals surface area (Å²) in [5.41, 5.74) is -0.917. The molecule has 0 radical (unpaired) electrons. The molecule has 0 aliphatic heterocycles. The fourth-order valence-corrected chi connectivity index (χ4v) is 1.34. The lowest BCUT2D eigenvalue weighted by atomic mass is 9.85. The Morgan fingerprint density at radius 1 is 1.28 bits per heavy atom. The monoisotopic (exact) mass is 253 g/mol. The third kappa shape index (κ3) is 3.07. The summed E-state index contributed by atoms with van der Waals surface area (Å²) in [7, 11) is 0. The van der Waals surface area contributed by atoms with Gasteiger partial charge in [-0.3, -0.25) is 4.79 Å². The van der Waals surface area contributed by atoms with Gasteiger partial charge in [0.2, 0.25) is 0 Å². The summed E-state index contributed by atoms with van der Waals surface area (Å²) in [6, 6.07) is 4.07. The Morgan fingerprint density at radius 3 is 2.33 bits per heavy atom. The van der Waals surface area contributed by atoms with E-state index < -0.39 is 17.0 Å². The zero-order chi connectivity index (χ0) is 14.1. The molecule has 1 aromatic rings. The highest BCUT2D eigenvalue weighted by atomic mass is 19.1. The molecular formula is C14H20FNO2. The van der Waals surface area contributed by atoms with E-state index in [1.807, 2.05) is 0 Å². The molecule has 3 nitrogen and oxygen atoms in total. The van der Waals surface area contributed by atoms with Crippen molar-refractivity contribution < 1.29 is 14.3 Å². The minimum Gasteiger partial charge on any atom is -0.388 e. The molecule has 2 N–H and O–H groups in total. The van der Waals surface area contributed by atoms with Crippen molar-refractivity contribution in [1.82, 2.24) is 5.32 Å². The predicted molar refractivity (Wildman–Crippen MR) is 69.0 cm³/mol. The largest absolute Gasteiger partial charge is 0.388 e. The van der Waals surface area contributed by atoms with Crippen LogP contribution in [0.1, 0.15) is 43.6 Å². The summed E-state index contributed by atoms with van der Waals surface area (Å²) in [5, 5.41) is 12.7. The van der Waals surface area contributed by atoms with Crippen LogP contribution >= 0.6 is 0 Å². The predicted octanol–water partition coefficient (Wildman–Crippen LogP) is 2.41. The van der Waals surface area contributed by atoms with Crippen LogP contribution in [-0.4, -0.2) is 22.2 Å². The van der Waals surface area contributed by atoms with E-state index in [-0.39, 0.29) is 11.5 Å². The van der Waals surface area contributed by atoms with Crippen LogP contribution in [0.4, 0.5) is 4.39 Å². The summed E-state index contributed by atoms with van der Waals surface area (Å²) in [6.07, 6.45) is 0. The zero-order valence-corrected chi connectivity index (χ0v) is 11.5. The highest BCUT2D eigenvalue weighted by Gasteiger charge is 2.36. The Labute approximate surface area is 107 Å². The minimum atomic E-state index is -1.08. The molecule has 100 valence electrons. The number of halogens is 1. The second-order valence-corrected chi connectivity index (χ2v) is 5.60. The second-order valence-electron chi connectivity index (χ2n) is 5.60. The lowest BCUT2D eigenvalue weighted by Crippen LogP contribution is -2.57. The molecule has 0 spiro atoms. The first-order valence-electron chi connectivity index (χ1n) is 5.85. The van der Waals surface area contributed by atoms with Crippen LogP contribution in [0.3, 0.4) is 0 Å². The average Bonchev–Trinajstić information content (AvgIpc) is 2.19. The van der Waals surface area contributed by atoms with Gasteiger partial charge in [0.1, 0.15) is 5.82 Å². The van der Waals surface area contributed by atoms with E-state index in [0.717, 1.165) is 0 Å². The summed E-state index contributed by atoms with van der Waals surface area (Å²) < 4.78 is 13.1. The Morgan fingerprint density at radius 2 is 1.83 bits per heavy atom. The van der Waals surface area contributed by atoms with Crippen molar-refractivity contribution in [3.63, 3.8) is 0 Å². The number of nitrogens with one attached hydrogen (secondary N) is 1. The summed E-state index contributed by atoms with van der Waals surface area (Å²) in [5.74, 6) is -0.842. The van der Waals surface area contributed by atoms with Crippen LogP contribution in [0.15, 0.2) is 18.2 Å². The lowest BCUT2D eigenvalue weighted by Gasteiger charge is -2.38. The van der Waals surface area contributed by atoms with E-state index in [1.165, 1.54) is 12.1 Å². The van der Waals surface area contributed by atoms with Crippen LogP contribution in [0.25, 0.3) is 0 Å². The fraction of sp³-hybridized carbons (Fsp3) is 0.500. The van der Waals surface area contributed by atoms with E-state index in [1.54, 1.807) is 40.7 Å². The van der Waals surface area contributed by atoms with E-state index in [0.29, 0.717) is 5.56 Å². The smallest absolute Gasteiger partial charge is 0.252 e. The highest BCUT2D eigenvalue weighted by Crippen LogP contribution is 2.21. The van der Waals surface area contributed by atoms with Crippen molar-refractivity contribution in [2.24, 2.45) is 0 Å². The van der Waals surface area contributed by atoms with Gasteiger partial charge in [0.25, 0.3) is 5.91 Å². The van der Waals surface area contributed by atoms with Crippen molar-refractivity contribution >= 4 is 5.91 Å². The number of aliphatic hydroxyl groups is 1. The van der Waals surface area contributed by atoms with E-state index >= 15 is 0 Å². The summed E-state index contributed by atoms with van der Waals surface area (Å²) in [6.45, 7) is 8.42. The summed E-state index contributed by atoms with van der Waals surface area (Å²) >= 11 is 0. The van der Waals surface area contributed by atoms with Crippen molar-refractivity contribution in [3.8, 4) is 0 Å². The van der Waals surface area contributed by atoms with Crippen molar-refractivity contribution in [3.05, 3.63) is 35.1 Å². The molecule has 18 heavy (non-hydrogen) atoms. The Bertz CT molecular complexity index is 461. The molecule has 0 aliphatic rings. The minimum absolute atomic E-state index is 0.285. The number of rotatable bonds is 3. The van der Waals surface area contributed by atoms with Gasteiger partial charge in [-0.05, 0) is 52.3 Å². The molecule has 0 atom stereocenters. The third-order valence-corrected chi connectivity index (χ3v) is 3.40. The normalized spacial score (nSPS) is 12.4. The van der Waals surface area contributed by atoms with Crippen molar-refractivity contribution in [2.45, 2.75) is 45.8 Å². The molecule has 1 rings (SSSR count). The molecule has 4 heteroatoms. The van der Waals surface area contributed by atoms with E-state index in [2.05, 4.69) is 5.32 Å². The molecule has 0 bridgehead atoms. The molecule has 0 aromatic heterocycles. The first kappa shape index (κ1) is 14.6. The average molecular weight is 253 g/mol. The molecule has 1 aromatic carbocycles. The number of carbonyl (C=O) groups excluding carboxylic acids is 1. The molecule has 0 saturated heterocycles. The highest BCUT2D eigenvalue weighted by molar-refractivity contribution is 5.96. The third-order valence-electron chi connectivity index (χ3n) is 3.40. The van der Waals surface area contributed by atoms with Gasteiger partial charge in [0.05, 0.1) is 11.1 Å². The number of hydrogen-bond donors (Lipinski definition) is 2. The number of carbonyl (C=O) groups is 1. The maximum absolute atomic E-state index is 13.1. The molecular weight excluding hydrogens is 233 g/mol. The van der Waals surface area contributed by atoms with Gasteiger partial charge in [-0.1, -0.05) is 6.07 Å². The second kappa shape index (κ2) is 4.69. The molecule has 0 aliphatic carbocycles. The Hall–Kier alpha value is -1.42. The molecule has 0 fully saturated rings. The van der Waals surface area contributed by atoms with Crippen molar-refractivity contribution in [2.75, 3.05) is 0 Å². The van der Waals surface area contributed by atoms with Gasteiger partial charge >= 0.3 is 0 Å². The van der Waals surface area contributed by atoms with Crippen LogP contribution in [0, 0.1) is 12.7 Å². The van der Waals surface area contributed by atoms with Gasteiger partial charge < -0.3 is 10.4 Å². The fourth-order valence-electron chi connectivity index (χ4n) is 1.34. The van der Waals surface area contributed by atoms with Gasteiger partial charge in [0.15, 0.2) is 0 Å². The van der Waals surface area contributed by atoms with Gasteiger partial charge in [-0.15, -0.1) is 0 Å². The quantitative estimate of drug-likeness (QED) is 0.869. The molecule has 0 saturated carbocycles. The number of hydrogen-bond acceptors (Lipinski definition) is 2. The molecule has 0 unspecified atom stereocenters. The van der Waals surface area contributed by atoms with Crippen LogP contribution in [0.5, 0.6) is 0 Å². The molecule has 1 amide bonds. The van der Waals surface area contributed by atoms with E-state index in [9.17, 15) is 14.3 Å². The SMILES string of the molecule is Cc1ccc(F)cc1C(=O)NC(C)(C)C(C)(C)O. The van der Waals surface area contributed by atoms with Gasteiger partial charge in [0, 0.05) is 5.56 Å². The van der Waals surface area contributed by atoms with Crippen LogP contribution in [0.2, 0.25) is 0 Å². The number of benzene rings is 1. The van der Waals surface area contributed by atoms with E-state index in [4.69, 9.17) is 0 Å². The lowest BCUT2D eigenvalue weighted by molar-refractivity contribution is -0.00294. The number of amides is 1. The summed E-state index contributed by atoms with van der Waals surface area (Å²) in [4.78, 5) is 12.1. The van der Waals surface area contributed by atoms with Crippen molar-refractivity contribution in [1.29, 1.82) is 0 Å². The maximum Gasteiger partial charge on any atom is 0.252 e. The topological polar surface area (TPSA) is 49.3 Å². The Balaban J connectivity index is 3.00. The van der Waals surface area contributed by atoms with Crippen LogP contribution < -0.4 is 5.32 Å². The zero-order valence-electron chi connectivity index (χ0n) is 11.5. The number of aryl methyl sites for hydroxylation is 1. The van der Waals surface area contributed by atoms with Gasteiger partial charge in [-0.2, -0.15) is 0 Å². The Kier molecular flexibility index (Phi) is 3.81.